The Morgan fingerprint density at radius 2 is 1.33 bits per heavy atom. The number of carbonyl (C=O) groups is 5. The minimum atomic E-state index is -5.39. The van der Waals surface area contributed by atoms with Gasteiger partial charge in [0.25, 0.3) is 17.7 Å². The van der Waals surface area contributed by atoms with Gasteiger partial charge in [-0.2, -0.15) is 0 Å². The van der Waals surface area contributed by atoms with E-state index in [4.69, 9.17) is 48.4 Å². The number of rotatable bonds is 24. The largest absolute Gasteiger partial charge is 0.501 e. The number of carboxylic acids is 2. The average Bonchev–Trinajstić information content (AvgIpc) is 1.64. The van der Waals surface area contributed by atoms with Gasteiger partial charge in [-0.25, -0.2) is 14.6 Å². The van der Waals surface area contributed by atoms with Crippen LogP contribution in [0.5, 0.6) is 28.7 Å². The van der Waals surface area contributed by atoms with E-state index in [1.165, 1.54) is 101 Å². The first-order valence-corrected chi connectivity index (χ1v) is 30.9. The SMILES string of the molecule is COc1ccc2c(OS(=O)(=O)Oc3cc(C(=O)N(C)CC(C)(C)COCC(C)(C)CNI)ccc3O[C@@H]3O[C@H](C(=O)O)[C@@H](O)[C@H](O)[C@H]3O)cc3c(c2c1)[C@H](CCl)CN3C(=O)c1cn2cc(NC(=O)c3ccc(O[C@@H]4O[C@H](C(=O)O)[C@@H](O)[C@H](O)[C@H]4O)cc3)ccc2n1. The number of benzene rings is 4. The van der Waals surface area contributed by atoms with Crippen LogP contribution in [0, 0.1) is 10.8 Å². The Morgan fingerprint density at radius 1 is 0.725 bits per heavy atom. The lowest BCUT2D eigenvalue weighted by atomic mass is 9.92. The number of aromatic nitrogens is 2. The molecule has 2 saturated heterocycles. The maximum Gasteiger partial charge on any atom is 0.501 e. The van der Waals surface area contributed by atoms with Crippen LogP contribution in [0.1, 0.15) is 70.4 Å². The molecule has 5 heterocycles. The van der Waals surface area contributed by atoms with Gasteiger partial charge < -0.3 is 97.2 Å². The van der Waals surface area contributed by atoms with Crippen LogP contribution in [0.15, 0.2) is 91.3 Å². The summed E-state index contributed by atoms with van der Waals surface area (Å²) in [5.74, 6) is -7.12. The molecule has 3 aliphatic heterocycles. The van der Waals surface area contributed by atoms with E-state index in [-0.39, 0.29) is 81.7 Å². The number of carboxylic acid groups (broad SMARTS) is 2. The Bertz CT molecular complexity index is 3840. The zero-order valence-electron chi connectivity index (χ0n) is 49.4. The average molecular weight is 1420 g/mol. The van der Waals surface area contributed by atoms with E-state index in [2.05, 4.69) is 36.7 Å². The number of hydrogen-bond donors (Lipinski definition) is 10. The molecular formula is C59H66ClIN6O23S. The molecule has 29 nitrogen and oxygen atoms in total. The van der Waals surface area contributed by atoms with Crippen LogP contribution in [0.4, 0.5) is 11.4 Å². The number of ether oxygens (including phenoxy) is 6. The lowest BCUT2D eigenvalue weighted by Gasteiger charge is -2.38. The number of imidazole rings is 1. The van der Waals surface area contributed by atoms with E-state index < -0.39 is 124 Å². The third kappa shape index (κ3) is 15.1. The van der Waals surface area contributed by atoms with Crippen molar-refractivity contribution in [1.82, 2.24) is 17.8 Å². The number of alkyl halides is 1. The molecule has 0 aliphatic carbocycles. The first kappa shape index (κ1) is 68.1. The number of fused-ring (bicyclic) bond motifs is 4. The minimum Gasteiger partial charge on any atom is -0.497 e. The zero-order valence-corrected chi connectivity index (χ0v) is 53.1. The van der Waals surface area contributed by atoms with Crippen molar-refractivity contribution in [3.8, 4) is 28.7 Å². The highest BCUT2D eigenvalue weighted by atomic mass is 127. The summed E-state index contributed by atoms with van der Waals surface area (Å²) in [6, 6.07) is 17.7. The predicted octanol–water partition coefficient (Wildman–Crippen LogP) is 3.06. The Morgan fingerprint density at radius 3 is 1.95 bits per heavy atom. The Kier molecular flexibility index (Phi) is 20.6. The highest BCUT2D eigenvalue weighted by molar-refractivity contribution is 14.1. The van der Waals surface area contributed by atoms with Gasteiger partial charge in [-0.1, -0.05) is 27.7 Å². The second kappa shape index (κ2) is 27.5. The van der Waals surface area contributed by atoms with Crippen molar-refractivity contribution < 1.29 is 110 Å². The third-order valence-electron chi connectivity index (χ3n) is 15.1. The number of hydrogen-bond acceptors (Lipinski definition) is 23. The van der Waals surface area contributed by atoms with Gasteiger partial charge in [-0.15, -0.1) is 20.0 Å². The summed E-state index contributed by atoms with van der Waals surface area (Å²) < 4.78 is 78.4. The van der Waals surface area contributed by atoms with Gasteiger partial charge in [0, 0.05) is 107 Å². The van der Waals surface area contributed by atoms with Gasteiger partial charge in [0.1, 0.15) is 59.5 Å². The molecule has 3 amide bonds. The molecule has 0 spiro atoms. The molecule has 2 fully saturated rings. The molecule has 0 radical (unpaired) electrons. The molecule has 0 bridgehead atoms. The number of nitrogens with one attached hydrogen (secondary N) is 2. The van der Waals surface area contributed by atoms with Crippen molar-refractivity contribution in [3.05, 3.63) is 114 Å². The molecule has 9 rings (SSSR count). The van der Waals surface area contributed by atoms with Crippen LogP contribution in [-0.4, -0.2) is 208 Å². The molecule has 10 N–H and O–H groups in total. The van der Waals surface area contributed by atoms with E-state index in [1.807, 2.05) is 27.7 Å². The number of aliphatic carboxylic acids is 2. The third-order valence-corrected chi connectivity index (χ3v) is 16.7. The lowest BCUT2D eigenvalue weighted by Crippen LogP contribution is -2.61. The highest BCUT2D eigenvalue weighted by Gasteiger charge is 2.50. The molecule has 2 aromatic heterocycles. The van der Waals surface area contributed by atoms with Gasteiger partial charge in [-0.3, -0.25) is 17.9 Å². The Labute approximate surface area is 538 Å². The predicted molar refractivity (Wildman–Crippen MR) is 329 cm³/mol. The number of anilines is 2. The summed E-state index contributed by atoms with van der Waals surface area (Å²) in [5, 5.41) is 84.8. The number of aliphatic hydroxyl groups is 6. The van der Waals surface area contributed by atoms with E-state index in [9.17, 15) is 73.2 Å². The molecule has 0 saturated carbocycles. The number of amides is 3. The summed E-state index contributed by atoms with van der Waals surface area (Å²) in [5.41, 5.74) is 0.296. The van der Waals surface area contributed by atoms with Crippen LogP contribution < -0.4 is 36.3 Å². The Balaban J connectivity index is 0.975. The quantitative estimate of drug-likeness (QED) is 0.0236. The Hall–Kier alpha value is -7.25. The number of nitrogens with zero attached hydrogens (tertiary/aromatic N) is 4. The molecule has 32 heteroatoms. The van der Waals surface area contributed by atoms with E-state index in [0.717, 1.165) is 12.1 Å². The van der Waals surface area contributed by atoms with Crippen LogP contribution >= 0.6 is 34.5 Å². The van der Waals surface area contributed by atoms with Gasteiger partial charge in [-0.05, 0) is 83.7 Å². The fourth-order valence-electron chi connectivity index (χ4n) is 10.6. The van der Waals surface area contributed by atoms with Crippen molar-refractivity contribution in [3.63, 3.8) is 0 Å². The summed E-state index contributed by atoms with van der Waals surface area (Å²) in [4.78, 5) is 73.2. The first-order valence-electron chi connectivity index (χ1n) is 28.0. The number of halogens is 2. The van der Waals surface area contributed by atoms with E-state index >= 15 is 0 Å². The second-order valence-electron chi connectivity index (χ2n) is 23.5. The normalized spacial score (nSPS) is 23.5. The maximum atomic E-state index is 14.8. The summed E-state index contributed by atoms with van der Waals surface area (Å²) >= 11 is 8.68. The number of pyridine rings is 1. The number of carbonyl (C=O) groups excluding carboxylic acids is 3. The topological polar surface area (TPSA) is 403 Å². The summed E-state index contributed by atoms with van der Waals surface area (Å²) in [6.45, 7) is 9.33. The van der Waals surface area contributed by atoms with Crippen LogP contribution in [0.3, 0.4) is 0 Å². The van der Waals surface area contributed by atoms with Crippen molar-refractivity contribution in [2.75, 3.05) is 63.1 Å². The van der Waals surface area contributed by atoms with E-state index in [0.29, 0.717) is 29.9 Å². The lowest BCUT2D eigenvalue weighted by molar-refractivity contribution is -0.271. The molecule has 11 atom stereocenters. The van der Waals surface area contributed by atoms with Gasteiger partial charge >= 0.3 is 22.3 Å². The van der Waals surface area contributed by atoms with E-state index in [1.54, 1.807) is 6.07 Å². The van der Waals surface area contributed by atoms with Crippen LogP contribution in [0.2, 0.25) is 0 Å². The van der Waals surface area contributed by atoms with Gasteiger partial charge in [0.15, 0.2) is 29.5 Å². The monoisotopic (exact) mass is 1420 g/mol. The molecule has 4 aromatic carbocycles. The van der Waals surface area contributed by atoms with Crippen molar-refractivity contribution in [2.24, 2.45) is 10.8 Å². The highest BCUT2D eigenvalue weighted by Crippen LogP contribution is 2.48. The van der Waals surface area contributed by atoms with Gasteiger partial charge in [0.2, 0.25) is 12.6 Å². The number of aliphatic hydroxyl groups excluding tert-OH is 6. The van der Waals surface area contributed by atoms with Crippen molar-refractivity contribution in [2.45, 2.75) is 95.0 Å². The fraction of sp³-hybridized carbons (Fsp3) is 0.424. The van der Waals surface area contributed by atoms with Crippen molar-refractivity contribution >= 4 is 102 Å². The fourth-order valence-corrected chi connectivity index (χ4v) is 12.6. The summed E-state index contributed by atoms with van der Waals surface area (Å²) in [6.07, 6.45) is -16.8. The smallest absolute Gasteiger partial charge is 0.497 e. The van der Waals surface area contributed by atoms with Crippen LogP contribution in [0.25, 0.3) is 16.4 Å². The molecule has 6 aromatic rings. The van der Waals surface area contributed by atoms with Crippen molar-refractivity contribution in [1.29, 1.82) is 0 Å². The minimum absolute atomic E-state index is 0.0225. The zero-order chi connectivity index (χ0) is 66.2. The molecule has 3 aliphatic rings. The maximum absolute atomic E-state index is 14.8. The first-order chi connectivity index (χ1) is 42.9. The number of methoxy groups -OCH3 is 1. The summed E-state index contributed by atoms with van der Waals surface area (Å²) in [7, 11) is -2.46. The van der Waals surface area contributed by atoms with Gasteiger partial charge in [0.05, 0.1) is 31.7 Å². The standard InChI is InChI=1S/C59H66ClIN6O23S/c1-58(2,24-62-61)26-84-27-59(3,4)25-65(5)52(75)29-9-15-38(86-57-48(73)44(69)46(71)50(88-57)55(79)80)40(17-29)90-91(81,82)89-39-19-37-42(35-18-33(83-6)13-14-34(35)39)30(20-60)21-67(37)53(76)36-23-66-22-31(10-16-41(66)64-36)63-51(74)28-7-11-32(12-8-28)85-56-47(72)43(68)45(70)49(87-56)54(77)78/h7-19,22-23,30,43-50,56-57,62,68-73H,20-21,24-27H2,1-6H3,(H,63,74)(H,77,78)(H,79,80)/t30-,43+,44+,45+,46+,47-,48-,49+,50+,56-,57-/m1/s1. The molecule has 91 heavy (non-hydrogen) atoms. The molecular weight excluding hydrogens is 1360 g/mol. The second-order valence-corrected chi connectivity index (χ2v) is 25.7. The van der Waals surface area contributed by atoms with Crippen LogP contribution in [-0.2, 0) is 34.2 Å². The molecule has 490 valence electrons. The molecule has 0 unspecified atom stereocenters.